The van der Waals surface area contributed by atoms with E-state index in [2.05, 4.69) is 0 Å². The average Bonchev–Trinajstić information content (AvgIpc) is 3.11. The summed E-state index contributed by atoms with van der Waals surface area (Å²) in [5.74, 6) is 0.285. The lowest BCUT2D eigenvalue weighted by molar-refractivity contribution is 0.0794. The Bertz CT molecular complexity index is 1010. The topological polar surface area (TPSA) is 99.5 Å². The zero-order valence-electron chi connectivity index (χ0n) is 16.0. The molecular weight excluding hydrogens is 376 g/mol. The molecule has 29 heavy (non-hydrogen) atoms. The van der Waals surface area contributed by atoms with Gasteiger partial charge in [-0.3, -0.25) is 9.69 Å². The maximum Gasteiger partial charge on any atom is 0.411 e. The fourth-order valence-corrected chi connectivity index (χ4v) is 3.80. The van der Waals surface area contributed by atoms with Crippen LogP contribution in [0.25, 0.3) is 5.57 Å². The minimum absolute atomic E-state index is 0.0933. The Morgan fingerprint density at radius 2 is 1.86 bits per heavy atom. The van der Waals surface area contributed by atoms with Gasteiger partial charge in [-0.1, -0.05) is 12.1 Å². The number of carboxylic acid groups (broad SMARTS) is 1. The second-order valence-electron chi connectivity index (χ2n) is 6.89. The van der Waals surface area contributed by atoms with Crippen molar-refractivity contribution >= 4 is 23.3 Å². The molecule has 4 rings (SSSR count). The number of anilines is 1. The Labute approximate surface area is 167 Å². The van der Waals surface area contributed by atoms with Crippen LogP contribution in [-0.2, 0) is 0 Å². The standard InChI is InChI=1S/C21H20N2O6/c1-28-15-5-3-12(4-6-15)13-7-14-11-23(21(26)27)17-9-18(24)19(29-2)8-16(17)20(25)22(14)10-13/h3-6,8-10,14,24H,7,11H2,1-2H3,(H,26,27)/t14-/m0/s1. The third-order valence-corrected chi connectivity index (χ3v) is 5.28. The molecule has 0 bridgehead atoms. The van der Waals surface area contributed by atoms with Crippen LogP contribution in [0.1, 0.15) is 22.3 Å². The van der Waals surface area contributed by atoms with E-state index in [-0.39, 0.29) is 41.2 Å². The molecule has 8 heteroatoms. The molecule has 0 saturated heterocycles. The molecule has 2 aliphatic rings. The first-order chi connectivity index (χ1) is 13.9. The molecule has 0 fully saturated rings. The summed E-state index contributed by atoms with van der Waals surface area (Å²) in [6.07, 6.45) is 1.09. The van der Waals surface area contributed by atoms with Crippen LogP contribution in [0.3, 0.4) is 0 Å². The van der Waals surface area contributed by atoms with Crippen molar-refractivity contribution in [1.29, 1.82) is 0 Å². The molecule has 0 radical (unpaired) electrons. The van der Waals surface area contributed by atoms with Crippen molar-refractivity contribution in [2.24, 2.45) is 0 Å². The van der Waals surface area contributed by atoms with Gasteiger partial charge in [0.2, 0.25) is 0 Å². The Hall–Kier alpha value is -3.68. The van der Waals surface area contributed by atoms with E-state index in [0.717, 1.165) is 21.8 Å². The number of nitrogens with zero attached hydrogens (tertiary/aromatic N) is 2. The van der Waals surface area contributed by atoms with Crippen molar-refractivity contribution in [2.45, 2.75) is 12.5 Å². The number of hydrogen-bond donors (Lipinski definition) is 2. The molecule has 0 aromatic heterocycles. The summed E-state index contributed by atoms with van der Waals surface area (Å²) in [6.45, 7) is 0.0933. The van der Waals surface area contributed by atoms with Crippen molar-refractivity contribution in [2.75, 3.05) is 25.7 Å². The van der Waals surface area contributed by atoms with Crippen LogP contribution < -0.4 is 14.4 Å². The molecule has 2 aromatic carbocycles. The van der Waals surface area contributed by atoms with Gasteiger partial charge in [0.15, 0.2) is 11.5 Å². The molecule has 0 saturated carbocycles. The van der Waals surface area contributed by atoms with Gasteiger partial charge < -0.3 is 24.6 Å². The molecular formula is C21H20N2O6. The summed E-state index contributed by atoms with van der Waals surface area (Å²) in [5.41, 5.74) is 2.19. The van der Waals surface area contributed by atoms with E-state index >= 15 is 0 Å². The predicted octanol–water partition coefficient (Wildman–Crippen LogP) is 3.16. The maximum atomic E-state index is 13.2. The highest BCUT2D eigenvalue weighted by molar-refractivity contribution is 6.06. The third kappa shape index (κ3) is 3.12. The van der Waals surface area contributed by atoms with Crippen molar-refractivity contribution in [3.05, 3.63) is 53.7 Å². The molecule has 2 aliphatic heterocycles. The summed E-state index contributed by atoms with van der Waals surface area (Å²) >= 11 is 0. The van der Waals surface area contributed by atoms with Gasteiger partial charge in [-0.15, -0.1) is 0 Å². The molecule has 0 unspecified atom stereocenters. The van der Waals surface area contributed by atoms with Crippen LogP contribution in [0.2, 0.25) is 0 Å². The fourth-order valence-electron chi connectivity index (χ4n) is 3.80. The zero-order chi connectivity index (χ0) is 20.7. The second kappa shape index (κ2) is 7.05. The van der Waals surface area contributed by atoms with Crippen LogP contribution >= 0.6 is 0 Å². The van der Waals surface area contributed by atoms with E-state index < -0.39 is 6.09 Å². The van der Waals surface area contributed by atoms with Gasteiger partial charge in [-0.25, -0.2) is 4.79 Å². The van der Waals surface area contributed by atoms with Gasteiger partial charge in [-0.2, -0.15) is 0 Å². The van der Waals surface area contributed by atoms with E-state index in [0.29, 0.717) is 6.42 Å². The number of carbonyl (C=O) groups is 2. The van der Waals surface area contributed by atoms with Gasteiger partial charge in [0.05, 0.1) is 38.1 Å². The number of ether oxygens (including phenoxy) is 2. The highest BCUT2D eigenvalue weighted by atomic mass is 16.5. The van der Waals surface area contributed by atoms with Gasteiger partial charge >= 0.3 is 6.09 Å². The van der Waals surface area contributed by atoms with E-state index in [1.54, 1.807) is 18.2 Å². The van der Waals surface area contributed by atoms with Gasteiger partial charge in [0, 0.05) is 12.3 Å². The lowest BCUT2D eigenvalue weighted by Gasteiger charge is -2.24. The predicted molar refractivity (Wildman–Crippen MR) is 106 cm³/mol. The highest BCUT2D eigenvalue weighted by Crippen LogP contribution is 2.40. The van der Waals surface area contributed by atoms with Crippen LogP contribution in [0.5, 0.6) is 17.2 Å². The summed E-state index contributed by atoms with van der Waals surface area (Å²) < 4.78 is 10.3. The maximum absolute atomic E-state index is 13.2. The molecule has 2 aromatic rings. The summed E-state index contributed by atoms with van der Waals surface area (Å²) in [6, 6.07) is 9.79. The molecule has 8 nitrogen and oxygen atoms in total. The van der Waals surface area contributed by atoms with E-state index in [9.17, 15) is 19.8 Å². The largest absolute Gasteiger partial charge is 0.504 e. The number of hydrogen-bond acceptors (Lipinski definition) is 5. The van der Waals surface area contributed by atoms with Crippen LogP contribution in [0, 0.1) is 0 Å². The third-order valence-electron chi connectivity index (χ3n) is 5.28. The first-order valence-electron chi connectivity index (χ1n) is 9.02. The van der Waals surface area contributed by atoms with Crippen LogP contribution in [0.15, 0.2) is 42.6 Å². The quantitative estimate of drug-likeness (QED) is 0.827. The smallest absolute Gasteiger partial charge is 0.411 e. The zero-order valence-corrected chi connectivity index (χ0v) is 16.0. The molecule has 1 atom stereocenters. The number of rotatable bonds is 3. The van der Waals surface area contributed by atoms with Gasteiger partial charge in [0.1, 0.15) is 5.75 Å². The molecule has 2 heterocycles. The van der Waals surface area contributed by atoms with Crippen LogP contribution in [-0.4, -0.2) is 53.9 Å². The molecule has 2 N–H and O–H groups in total. The summed E-state index contributed by atoms with van der Waals surface area (Å²) in [7, 11) is 2.97. The Balaban J connectivity index is 1.77. The molecule has 150 valence electrons. The normalized spacial score (nSPS) is 17.9. The van der Waals surface area contributed by atoms with Crippen molar-refractivity contribution in [3.8, 4) is 17.2 Å². The number of phenols is 1. The lowest BCUT2D eigenvalue weighted by Crippen LogP contribution is -2.40. The van der Waals surface area contributed by atoms with E-state index in [1.807, 2.05) is 24.3 Å². The van der Waals surface area contributed by atoms with Gasteiger partial charge in [0.25, 0.3) is 5.91 Å². The minimum atomic E-state index is -1.19. The first kappa shape index (κ1) is 18.7. The van der Waals surface area contributed by atoms with E-state index in [4.69, 9.17) is 9.47 Å². The number of aromatic hydroxyl groups is 1. The lowest BCUT2D eigenvalue weighted by atomic mass is 10.0. The summed E-state index contributed by atoms with van der Waals surface area (Å²) in [4.78, 5) is 27.8. The number of phenolic OH excluding ortho intramolecular Hbond substituents is 1. The summed E-state index contributed by atoms with van der Waals surface area (Å²) in [5, 5.41) is 19.8. The SMILES string of the molecule is COc1ccc(C2=CN3C(=O)c4cc(OC)c(O)cc4N(C(=O)O)C[C@@H]3C2)cc1. The Morgan fingerprint density at radius 3 is 2.48 bits per heavy atom. The monoisotopic (exact) mass is 396 g/mol. The Morgan fingerprint density at radius 1 is 1.14 bits per heavy atom. The van der Waals surface area contributed by atoms with Gasteiger partial charge in [-0.05, 0) is 35.8 Å². The number of methoxy groups -OCH3 is 2. The van der Waals surface area contributed by atoms with Crippen molar-refractivity contribution < 1.29 is 29.3 Å². The number of fused-ring (bicyclic) bond motifs is 2. The molecule has 0 spiro atoms. The first-order valence-corrected chi connectivity index (χ1v) is 9.02. The number of carbonyl (C=O) groups excluding carboxylic acids is 1. The molecule has 0 aliphatic carbocycles. The highest BCUT2D eigenvalue weighted by Gasteiger charge is 2.39. The molecule has 2 amide bonds. The Kier molecular flexibility index (Phi) is 4.54. The van der Waals surface area contributed by atoms with Crippen LogP contribution in [0.4, 0.5) is 10.5 Å². The van der Waals surface area contributed by atoms with E-state index in [1.165, 1.54) is 19.2 Å². The average molecular weight is 396 g/mol. The van der Waals surface area contributed by atoms with Crippen molar-refractivity contribution in [3.63, 3.8) is 0 Å². The number of benzene rings is 2. The second-order valence-corrected chi connectivity index (χ2v) is 6.89. The number of amides is 2. The van der Waals surface area contributed by atoms with Crippen molar-refractivity contribution in [1.82, 2.24) is 4.90 Å². The fraction of sp³-hybridized carbons (Fsp3) is 0.238. The minimum Gasteiger partial charge on any atom is -0.504 e.